The van der Waals surface area contributed by atoms with Crippen LogP contribution < -0.4 is 4.74 Å². The smallest absolute Gasteiger partial charge is 0.263 e. The fraction of sp³-hybridized carbons (Fsp3) is 0.125. The topological polar surface area (TPSA) is 29.3 Å². The summed E-state index contributed by atoms with van der Waals surface area (Å²) in [4.78, 5) is 11.6. The van der Waals surface area contributed by atoms with Crippen LogP contribution in [0.3, 0.4) is 0 Å². The zero-order valence-electron chi connectivity index (χ0n) is 10.5. The van der Waals surface area contributed by atoms with Crippen molar-refractivity contribution in [3.63, 3.8) is 0 Å². The molecule has 0 spiro atoms. The van der Waals surface area contributed by atoms with E-state index in [4.69, 9.17) is 4.74 Å². The summed E-state index contributed by atoms with van der Waals surface area (Å²) in [6, 6.07) is 15.6. The SMILES string of the molecule is O=[N+]1CC=Cc2cc(OCc3ccccc3)ccc21. The first kappa shape index (κ1) is 11.7. The number of nitrogens with zero attached hydrogens (tertiary/aromatic N) is 1. The van der Waals surface area contributed by atoms with Gasteiger partial charge >= 0.3 is 0 Å². The molecule has 1 aliphatic rings. The summed E-state index contributed by atoms with van der Waals surface area (Å²) in [7, 11) is 0. The molecule has 0 amide bonds. The van der Waals surface area contributed by atoms with Gasteiger partial charge in [0.15, 0.2) is 0 Å². The van der Waals surface area contributed by atoms with Gasteiger partial charge in [0.05, 0.1) is 5.56 Å². The van der Waals surface area contributed by atoms with Crippen molar-refractivity contribution in [1.82, 2.24) is 0 Å². The van der Waals surface area contributed by atoms with Gasteiger partial charge in [0, 0.05) is 15.7 Å². The molecule has 1 heterocycles. The van der Waals surface area contributed by atoms with Gasteiger partial charge in [-0.05, 0) is 29.8 Å². The highest BCUT2D eigenvalue weighted by Gasteiger charge is 2.20. The normalized spacial score (nSPS) is 13.2. The third-order valence-electron chi connectivity index (χ3n) is 3.08. The standard InChI is InChI=1S/C16H14NO2/c18-17-10-4-7-14-11-15(8-9-16(14)17)19-12-13-5-2-1-3-6-13/h1-9,11H,10,12H2/q+1. The van der Waals surface area contributed by atoms with Crippen molar-refractivity contribution in [2.24, 2.45) is 0 Å². The van der Waals surface area contributed by atoms with Gasteiger partial charge < -0.3 is 4.74 Å². The van der Waals surface area contributed by atoms with Crippen LogP contribution in [0.4, 0.5) is 5.69 Å². The van der Waals surface area contributed by atoms with E-state index >= 15 is 0 Å². The van der Waals surface area contributed by atoms with E-state index in [1.165, 1.54) is 0 Å². The zero-order valence-corrected chi connectivity index (χ0v) is 10.5. The van der Waals surface area contributed by atoms with Crippen LogP contribution in [0.15, 0.2) is 54.6 Å². The fourth-order valence-corrected chi connectivity index (χ4v) is 2.10. The largest absolute Gasteiger partial charge is 0.489 e. The number of nitroso groups, excluding NO2 is 1. The minimum atomic E-state index is 0.414. The molecule has 0 fully saturated rings. The Morgan fingerprint density at radius 2 is 1.95 bits per heavy atom. The van der Waals surface area contributed by atoms with Crippen molar-refractivity contribution in [3.05, 3.63) is 70.6 Å². The van der Waals surface area contributed by atoms with Crippen molar-refractivity contribution in [3.8, 4) is 5.75 Å². The van der Waals surface area contributed by atoms with Crippen LogP contribution in [0, 0.1) is 4.91 Å². The van der Waals surface area contributed by atoms with Crippen molar-refractivity contribution in [2.75, 3.05) is 6.54 Å². The molecule has 0 saturated carbocycles. The van der Waals surface area contributed by atoms with E-state index in [9.17, 15) is 4.91 Å². The summed E-state index contributed by atoms with van der Waals surface area (Å²) in [6.45, 7) is 0.946. The van der Waals surface area contributed by atoms with Crippen LogP contribution in [0.25, 0.3) is 6.08 Å². The highest BCUT2D eigenvalue weighted by molar-refractivity contribution is 5.64. The highest BCUT2D eigenvalue weighted by Crippen LogP contribution is 2.28. The lowest BCUT2D eigenvalue weighted by Gasteiger charge is -2.08. The molecule has 2 aromatic carbocycles. The summed E-state index contributed by atoms with van der Waals surface area (Å²) in [5, 5.41) is 0. The molecule has 0 atom stereocenters. The molecule has 19 heavy (non-hydrogen) atoms. The lowest BCUT2D eigenvalue weighted by atomic mass is 10.1. The van der Waals surface area contributed by atoms with Crippen LogP contribution in [-0.4, -0.2) is 11.3 Å². The molecule has 1 aliphatic heterocycles. The second-order valence-electron chi connectivity index (χ2n) is 4.46. The van der Waals surface area contributed by atoms with E-state index in [0.717, 1.165) is 21.6 Å². The monoisotopic (exact) mass is 252 g/mol. The average molecular weight is 252 g/mol. The zero-order chi connectivity index (χ0) is 13.1. The maximum atomic E-state index is 11.6. The minimum Gasteiger partial charge on any atom is -0.489 e. The van der Waals surface area contributed by atoms with Crippen LogP contribution in [-0.2, 0) is 6.61 Å². The van der Waals surface area contributed by atoms with Gasteiger partial charge in [-0.15, -0.1) is 0 Å². The molecule has 0 N–H and O–H groups in total. The van der Waals surface area contributed by atoms with Crippen LogP contribution >= 0.6 is 0 Å². The van der Waals surface area contributed by atoms with Crippen molar-refractivity contribution in [2.45, 2.75) is 6.61 Å². The van der Waals surface area contributed by atoms with Crippen molar-refractivity contribution >= 4 is 11.8 Å². The van der Waals surface area contributed by atoms with E-state index in [-0.39, 0.29) is 0 Å². The van der Waals surface area contributed by atoms with Gasteiger partial charge in [-0.3, -0.25) is 0 Å². The Morgan fingerprint density at radius 1 is 1.11 bits per heavy atom. The van der Waals surface area contributed by atoms with E-state index in [1.54, 1.807) is 0 Å². The fourth-order valence-electron chi connectivity index (χ4n) is 2.10. The predicted molar refractivity (Wildman–Crippen MR) is 74.4 cm³/mol. The number of benzene rings is 2. The highest BCUT2D eigenvalue weighted by atomic mass is 16.5. The summed E-state index contributed by atoms with van der Waals surface area (Å²) in [6.07, 6.45) is 3.81. The molecule has 3 rings (SSSR count). The molecule has 0 radical (unpaired) electrons. The van der Waals surface area contributed by atoms with Gasteiger partial charge in [-0.1, -0.05) is 30.3 Å². The molecule has 2 aromatic rings. The molecule has 0 aliphatic carbocycles. The van der Waals surface area contributed by atoms with Gasteiger partial charge in [-0.25, -0.2) is 0 Å². The summed E-state index contributed by atoms with van der Waals surface area (Å²) in [5.74, 6) is 0.780. The Balaban J connectivity index is 1.77. The van der Waals surface area contributed by atoms with Gasteiger partial charge in [0.25, 0.3) is 5.69 Å². The molecule has 3 nitrogen and oxygen atoms in total. The molecule has 94 valence electrons. The van der Waals surface area contributed by atoms with Crippen molar-refractivity contribution in [1.29, 1.82) is 0 Å². The summed E-state index contributed by atoms with van der Waals surface area (Å²) < 4.78 is 6.72. The first-order valence-electron chi connectivity index (χ1n) is 6.25. The number of hydrogen-bond acceptors (Lipinski definition) is 2. The van der Waals surface area contributed by atoms with Crippen LogP contribution in [0.5, 0.6) is 5.75 Å². The molecule has 0 bridgehead atoms. The first-order chi connectivity index (χ1) is 9.33. The van der Waals surface area contributed by atoms with Crippen LogP contribution in [0.2, 0.25) is 0 Å². The Morgan fingerprint density at radius 3 is 2.79 bits per heavy atom. The summed E-state index contributed by atoms with van der Waals surface area (Å²) >= 11 is 0. The lowest BCUT2D eigenvalue weighted by molar-refractivity contribution is -0.452. The van der Waals surface area contributed by atoms with Gasteiger partial charge in [0.1, 0.15) is 12.4 Å². The molecular weight excluding hydrogens is 238 g/mol. The minimum absolute atomic E-state index is 0.414. The molecule has 3 heteroatoms. The number of fused-ring (bicyclic) bond motifs is 1. The maximum absolute atomic E-state index is 11.6. The maximum Gasteiger partial charge on any atom is 0.263 e. The Bertz CT molecular complexity index is 632. The Labute approximate surface area is 111 Å². The number of ether oxygens (including phenoxy) is 1. The molecule has 0 aromatic heterocycles. The van der Waals surface area contributed by atoms with E-state index in [1.807, 2.05) is 60.7 Å². The van der Waals surface area contributed by atoms with Crippen molar-refractivity contribution < 1.29 is 9.50 Å². The average Bonchev–Trinajstić information content (AvgIpc) is 2.46. The Kier molecular flexibility index (Phi) is 3.11. The second kappa shape index (κ2) is 5.06. The number of hydrogen-bond donors (Lipinski definition) is 0. The van der Waals surface area contributed by atoms with Crippen LogP contribution in [0.1, 0.15) is 11.1 Å². The van der Waals surface area contributed by atoms with E-state index in [2.05, 4.69) is 0 Å². The molecule has 0 unspecified atom stereocenters. The lowest BCUT2D eigenvalue weighted by Crippen LogP contribution is -2.06. The molecule has 0 saturated heterocycles. The summed E-state index contributed by atoms with van der Waals surface area (Å²) in [5.41, 5.74) is 2.74. The quantitative estimate of drug-likeness (QED) is 0.779. The second-order valence-corrected chi connectivity index (χ2v) is 4.46. The third-order valence-corrected chi connectivity index (χ3v) is 3.08. The van der Waals surface area contributed by atoms with Gasteiger partial charge in [0.2, 0.25) is 6.54 Å². The van der Waals surface area contributed by atoms with Gasteiger partial charge in [-0.2, -0.15) is 0 Å². The van der Waals surface area contributed by atoms with E-state index < -0.39 is 0 Å². The third kappa shape index (κ3) is 2.55. The Hall–Kier alpha value is -2.42. The first-order valence-corrected chi connectivity index (χ1v) is 6.25. The number of rotatable bonds is 3. The molecular formula is C16H14NO2+. The predicted octanol–water partition coefficient (Wildman–Crippen LogP) is 3.70. The van der Waals surface area contributed by atoms with E-state index in [0.29, 0.717) is 18.8 Å².